The minimum Gasteiger partial charge on any atom is -0.367 e. The summed E-state index contributed by atoms with van der Waals surface area (Å²) < 4.78 is 42.8. The average molecular weight is 376 g/mol. The van der Waals surface area contributed by atoms with Crippen molar-refractivity contribution in [1.82, 2.24) is 14.8 Å². The number of benzene rings is 2. The number of nitrogens with two attached hydrogens (primary N) is 1. The van der Waals surface area contributed by atoms with Crippen molar-refractivity contribution in [3.05, 3.63) is 66.0 Å². The first-order valence-corrected chi connectivity index (χ1v) is 7.89. The van der Waals surface area contributed by atoms with E-state index in [-0.39, 0.29) is 12.4 Å². The Morgan fingerprint density at radius 2 is 1.85 bits per heavy atom. The molecule has 0 atom stereocenters. The first-order valence-electron chi connectivity index (χ1n) is 7.89. The first kappa shape index (κ1) is 18.6. The van der Waals surface area contributed by atoms with Gasteiger partial charge in [-0.2, -0.15) is 13.2 Å². The van der Waals surface area contributed by atoms with Crippen molar-refractivity contribution in [3.63, 3.8) is 0 Å². The minimum atomic E-state index is -4.39. The lowest BCUT2D eigenvalue weighted by atomic mass is 10.2. The molecule has 0 spiro atoms. The molecule has 2 N–H and O–H groups in total. The van der Waals surface area contributed by atoms with Gasteiger partial charge in [-0.25, -0.2) is 9.67 Å². The number of carbonyl (C=O) groups excluding carboxylic acids is 1. The summed E-state index contributed by atoms with van der Waals surface area (Å²) in [5.74, 6) is -0.555. The van der Waals surface area contributed by atoms with Crippen LogP contribution in [0.15, 0.2) is 54.6 Å². The van der Waals surface area contributed by atoms with Crippen LogP contribution in [0.1, 0.15) is 16.2 Å². The maximum absolute atomic E-state index is 12.2. The lowest BCUT2D eigenvalue weighted by molar-refractivity contribution is -0.176. The SMILES string of the molecule is NC(=O)c1nc(-c2ccccc2)n(-c2cccc(COCC(F)(F)F)c2)n1. The van der Waals surface area contributed by atoms with Crippen LogP contribution in [0.2, 0.25) is 0 Å². The Kier molecular flexibility index (Phi) is 5.22. The molecule has 1 heterocycles. The van der Waals surface area contributed by atoms with Crippen molar-refractivity contribution >= 4 is 5.91 Å². The van der Waals surface area contributed by atoms with Crippen molar-refractivity contribution in [1.29, 1.82) is 0 Å². The third kappa shape index (κ3) is 4.70. The summed E-state index contributed by atoms with van der Waals surface area (Å²) in [5.41, 5.74) is 7.03. The van der Waals surface area contributed by atoms with E-state index in [0.29, 0.717) is 22.6 Å². The molecule has 1 amide bonds. The average Bonchev–Trinajstić information content (AvgIpc) is 3.07. The Labute approximate surface area is 152 Å². The quantitative estimate of drug-likeness (QED) is 0.717. The largest absolute Gasteiger partial charge is 0.411 e. The normalized spacial score (nSPS) is 11.5. The van der Waals surface area contributed by atoms with Gasteiger partial charge in [0.05, 0.1) is 12.3 Å². The smallest absolute Gasteiger partial charge is 0.367 e. The molecule has 0 fully saturated rings. The second-order valence-electron chi connectivity index (χ2n) is 5.68. The van der Waals surface area contributed by atoms with Gasteiger partial charge in [0.1, 0.15) is 6.61 Å². The second kappa shape index (κ2) is 7.58. The van der Waals surface area contributed by atoms with Gasteiger partial charge >= 0.3 is 6.18 Å². The van der Waals surface area contributed by atoms with Crippen molar-refractivity contribution < 1.29 is 22.7 Å². The first-order chi connectivity index (χ1) is 12.8. The van der Waals surface area contributed by atoms with Gasteiger partial charge in [0, 0.05) is 5.56 Å². The van der Waals surface area contributed by atoms with Gasteiger partial charge in [0.2, 0.25) is 5.82 Å². The fourth-order valence-corrected chi connectivity index (χ4v) is 2.43. The van der Waals surface area contributed by atoms with Crippen LogP contribution in [0.5, 0.6) is 0 Å². The van der Waals surface area contributed by atoms with E-state index >= 15 is 0 Å². The van der Waals surface area contributed by atoms with E-state index in [1.54, 1.807) is 48.5 Å². The van der Waals surface area contributed by atoms with Crippen LogP contribution in [-0.4, -0.2) is 33.5 Å². The van der Waals surface area contributed by atoms with E-state index in [4.69, 9.17) is 5.73 Å². The van der Waals surface area contributed by atoms with Crippen LogP contribution >= 0.6 is 0 Å². The van der Waals surface area contributed by atoms with E-state index in [1.165, 1.54) is 4.68 Å². The number of hydrogen-bond acceptors (Lipinski definition) is 4. The molecule has 3 aromatic rings. The number of rotatable bonds is 6. The minimum absolute atomic E-state index is 0.160. The molecule has 0 aliphatic carbocycles. The zero-order valence-corrected chi connectivity index (χ0v) is 14.0. The van der Waals surface area contributed by atoms with Crippen molar-refractivity contribution in [3.8, 4) is 17.1 Å². The summed E-state index contributed by atoms with van der Waals surface area (Å²) in [6, 6.07) is 15.6. The van der Waals surface area contributed by atoms with Crippen LogP contribution in [-0.2, 0) is 11.3 Å². The molecule has 0 unspecified atom stereocenters. The summed E-state index contributed by atoms with van der Waals surface area (Å²) in [4.78, 5) is 15.7. The van der Waals surface area contributed by atoms with E-state index < -0.39 is 18.7 Å². The summed E-state index contributed by atoms with van der Waals surface area (Å²) in [7, 11) is 0. The number of halogens is 3. The predicted molar refractivity (Wildman–Crippen MR) is 91.0 cm³/mol. The summed E-state index contributed by atoms with van der Waals surface area (Å²) in [6.45, 7) is -1.55. The van der Waals surface area contributed by atoms with E-state index in [2.05, 4.69) is 14.8 Å². The second-order valence-corrected chi connectivity index (χ2v) is 5.68. The van der Waals surface area contributed by atoms with Gasteiger partial charge < -0.3 is 10.5 Å². The number of primary amides is 1. The van der Waals surface area contributed by atoms with E-state index in [9.17, 15) is 18.0 Å². The predicted octanol–water partition coefficient (Wildman–Crippen LogP) is 3.11. The monoisotopic (exact) mass is 376 g/mol. The fraction of sp³-hybridized carbons (Fsp3) is 0.167. The summed E-state index contributed by atoms with van der Waals surface area (Å²) in [6.07, 6.45) is -4.39. The van der Waals surface area contributed by atoms with Gasteiger partial charge in [-0.1, -0.05) is 42.5 Å². The molecule has 140 valence electrons. The Hall–Kier alpha value is -3.20. The van der Waals surface area contributed by atoms with Gasteiger partial charge in [-0.3, -0.25) is 4.79 Å². The number of ether oxygens (including phenoxy) is 1. The number of hydrogen-bond donors (Lipinski definition) is 1. The van der Waals surface area contributed by atoms with Crippen LogP contribution in [0.4, 0.5) is 13.2 Å². The summed E-state index contributed by atoms with van der Waals surface area (Å²) in [5, 5.41) is 4.13. The molecule has 6 nitrogen and oxygen atoms in total. The number of alkyl halides is 3. The van der Waals surface area contributed by atoms with Crippen LogP contribution in [0, 0.1) is 0 Å². The third-order valence-electron chi connectivity index (χ3n) is 3.55. The highest BCUT2D eigenvalue weighted by molar-refractivity contribution is 5.89. The highest BCUT2D eigenvalue weighted by Gasteiger charge is 2.27. The van der Waals surface area contributed by atoms with Gasteiger partial charge in [0.15, 0.2) is 5.82 Å². The Morgan fingerprint density at radius 3 is 2.52 bits per heavy atom. The zero-order valence-electron chi connectivity index (χ0n) is 14.0. The van der Waals surface area contributed by atoms with Gasteiger partial charge in [0.25, 0.3) is 5.91 Å². The number of amides is 1. The third-order valence-corrected chi connectivity index (χ3v) is 3.55. The zero-order chi connectivity index (χ0) is 19.4. The molecule has 0 saturated heterocycles. The molecule has 3 rings (SSSR count). The maximum atomic E-state index is 12.2. The number of nitrogens with zero attached hydrogens (tertiary/aromatic N) is 3. The van der Waals surface area contributed by atoms with Gasteiger partial charge in [-0.05, 0) is 17.7 Å². The molecule has 27 heavy (non-hydrogen) atoms. The molecule has 0 aliphatic rings. The molecule has 0 saturated carbocycles. The lowest BCUT2D eigenvalue weighted by Crippen LogP contribution is -2.16. The Bertz CT molecular complexity index is 939. The van der Waals surface area contributed by atoms with Gasteiger partial charge in [-0.15, -0.1) is 5.10 Å². The molecule has 2 aromatic carbocycles. The highest BCUT2D eigenvalue weighted by Crippen LogP contribution is 2.22. The maximum Gasteiger partial charge on any atom is 0.411 e. The molecular weight excluding hydrogens is 361 g/mol. The van der Waals surface area contributed by atoms with Crippen LogP contribution in [0.3, 0.4) is 0 Å². The Morgan fingerprint density at radius 1 is 1.11 bits per heavy atom. The highest BCUT2D eigenvalue weighted by atomic mass is 19.4. The van der Waals surface area contributed by atoms with E-state index in [1.807, 2.05) is 6.07 Å². The summed E-state index contributed by atoms with van der Waals surface area (Å²) >= 11 is 0. The van der Waals surface area contributed by atoms with Crippen molar-refractivity contribution in [2.24, 2.45) is 5.73 Å². The number of aromatic nitrogens is 3. The van der Waals surface area contributed by atoms with E-state index in [0.717, 1.165) is 0 Å². The fourth-order valence-electron chi connectivity index (χ4n) is 2.43. The van der Waals surface area contributed by atoms with Crippen molar-refractivity contribution in [2.45, 2.75) is 12.8 Å². The van der Waals surface area contributed by atoms with Crippen LogP contribution < -0.4 is 5.73 Å². The Balaban J connectivity index is 1.94. The topological polar surface area (TPSA) is 83.0 Å². The molecule has 0 radical (unpaired) electrons. The molecule has 0 bridgehead atoms. The molecule has 1 aromatic heterocycles. The molecular formula is C18H15F3N4O2. The van der Waals surface area contributed by atoms with Crippen molar-refractivity contribution in [2.75, 3.05) is 6.61 Å². The lowest BCUT2D eigenvalue weighted by Gasteiger charge is -2.10. The van der Waals surface area contributed by atoms with Crippen LogP contribution in [0.25, 0.3) is 17.1 Å². The molecule has 9 heteroatoms. The molecule has 0 aliphatic heterocycles. The standard InChI is InChI=1S/C18H15F3N4O2/c19-18(20,21)11-27-10-12-5-4-8-14(9-12)25-17(13-6-2-1-3-7-13)23-16(24-25)15(22)26/h1-9H,10-11H2,(H2,22,26). The number of carbonyl (C=O) groups is 1.